The number of nitrogens with one attached hydrogen (secondary N) is 1. The summed E-state index contributed by atoms with van der Waals surface area (Å²) < 4.78 is 30.6. The summed E-state index contributed by atoms with van der Waals surface area (Å²) in [7, 11) is 0. The van der Waals surface area contributed by atoms with E-state index in [4.69, 9.17) is 0 Å². The fourth-order valence-corrected chi connectivity index (χ4v) is 5.74. The minimum absolute atomic E-state index is 0.000863. The lowest BCUT2D eigenvalue weighted by Crippen LogP contribution is -2.39. The van der Waals surface area contributed by atoms with Crippen molar-refractivity contribution >= 4 is 28.8 Å². The maximum absolute atomic E-state index is 13.1. The van der Waals surface area contributed by atoms with Gasteiger partial charge in [-0.05, 0) is 12.0 Å². The molecule has 26 heavy (non-hydrogen) atoms. The van der Waals surface area contributed by atoms with Gasteiger partial charge in [-0.15, -0.1) is 10.2 Å². The zero-order valence-electron chi connectivity index (χ0n) is 14.4. The Hall–Kier alpha value is -1.74. The molecule has 0 amide bonds. The molecule has 6 nitrogen and oxygen atoms in total. The molecule has 1 aliphatic heterocycles. The first-order chi connectivity index (χ1) is 12.5. The van der Waals surface area contributed by atoms with Gasteiger partial charge in [-0.3, -0.25) is 4.40 Å². The van der Waals surface area contributed by atoms with Crippen molar-refractivity contribution in [3.8, 4) is 0 Å². The van der Waals surface area contributed by atoms with Crippen LogP contribution in [0.3, 0.4) is 0 Å². The van der Waals surface area contributed by atoms with Crippen LogP contribution in [0.25, 0.3) is 16.8 Å². The molecular weight excluding hydrogens is 358 g/mol. The molecule has 0 spiro atoms. The summed E-state index contributed by atoms with van der Waals surface area (Å²) in [6.45, 7) is 3.91. The van der Waals surface area contributed by atoms with E-state index < -0.39 is 5.92 Å². The van der Waals surface area contributed by atoms with Crippen molar-refractivity contribution in [3.63, 3.8) is 0 Å². The topological polar surface area (TPSA) is 62.1 Å². The Morgan fingerprint density at radius 1 is 1.31 bits per heavy atom. The van der Waals surface area contributed by atoms with E-state index in [1.54, 1.807) is 18.1 Å². The Balaban J connectivity index is 1.44. The Bertz CT molecular complexity index is 945. The molecule has 3 aromatic rings. The number of aromatic amines is 1. The van der Waals surface area contributed by atoms with E-state index in [2.05, 4.69) is 35.8 Å². The molecule has 1 N–H and O–H groups in total. The normalized spacial score (nSPS) is 26.7. The molecule has 2 atom stereocenters. The molecule has 1 aliphatic carbocycles. The van der Waals surface area contributed by atoms with Crippen molar-refractivity contribution in [2.75, 3.05) is 13.1 Å². The maximum Gasteiger partial charge on any atom is 0.250 e. The highest BCUT2D eigenvalue weighted by Crippen LogP contribution is 2.47. The van der Waals surface area contributed by atoms with E-state index >= 15 is 0 Å². The van der Waals surface area contributed by atoms with Crippen LogP contribution >= 0.6 is 11.9 Å². The van der Waals surface area contributed by atoms with Gasteiger partial charge in [-0.1, -0.05) is 25.3 Å². The summed E-state index contributed by atoms with van der Waals surface area (Å²) >= 11 is 1.60. The number of rotatable bonds is 4. The quantitative estimate of drug-likeness (QED) is 0.705. The van der Waals surface area contributed by atoms with E-state index in [9.17, 15) is 8.78 Å². The highest BCUT2D eigenvalue weighted by molar-refractivity contribution is 7.97. The summed E-state index contributed by atoms with van der Waals surface area (Å²) in [6, 6.07) is 1.99. The third-order valence-corrected chi connectivity index (χ3v) is 6.81. The standard InChI is InChI=1S/C17H20F2N6S/c1-2-10-8-24(26-11-5-17(18,19)6-11)9-12(10)16-23-22-14-7-21-15-13(25(14)16)3-4-20-15/h3-4,7,10-12,20H,2,5-6,8-9H2,1H3/t10-,12?/m0/s1. The van der Waals surface area contributed by atoms with Crippen molar-refractivity contribution in [2.24, 2.45) is 5.92 Å². The lowest BCUT2D eigenvalue weighted by atomic mass is 9.93. The highest BCUT2D eigenvalue weighted by Gasteiger charge is 2.47. The Labute approximate surface area is 153 Å². The van der Waals surface area contributed by atoms with Crippen LogP contribution in [0, 0.1) is 5.92 Å². The Morgan fingerprint density at radius 2 is 2.15 bits per heavy atom. The minimum atomic E-state index is -2.46. The van der Waals surface area contributed by atoms with Crippen molar-refractivity contribution in [1.29, 1.82) is 0 Å². The summed E-state index contributed by atoms with van der Waals surface area (Å²) in [4.78, 5) is 7.50. The third kappa shape index (κ3) is 2.60. The highest BCUT2D eigenvalue weighted by atomic mass is 32.2. The predicted molar refractivity (Wildman–Crippen MR) is 96.3 cm³/mol. The van der Waals surface area contributed by atoms with Crippen LogP contribution in [-0.2, 0) is 0 Å². The van der Waals surface area contributed by atoms with Crippen molar-refractivity contribution in [1.82, 2.24) is 28.9 Å². The smallest absolute Gasteiger partial charge is 0.250 e. The molecule has 0 aromatic carbocycles. The number of hydrogen-bond acceptors (Lipinski definition) is 5. The number of H-pyrrole nitrogens is 1. The first kappa shape index (κ1) is 16.4. The van der Waals surface area contributed by atoms with Crippen LogP contribution in [0.15, 0.2) is 18.5 Å². The molecule has 2 fully saturated rings. The van der Waals surface area contributed by atoms with Gasteiger partial charge in [0.05, 0.1) is 11.7 Å². The van der Waals surface area contributed by atoms with Crippen molar-refractivity contribution < 1.29 is 8.78 Å². The van der Waals surface area contributed by atoms with E-state index in [0.29, 0.717) is 5.92 Å². The van der Waals surface area contributed by atoms with Crippen molar-refractivity contribution in [3.05, 3.63) is 24.3 Å². The SMILES string of the molecule is CC[C@H]1CN(SC2CC(F)(F)C2)CC1c1nnc2cnc3[nH]ccc3n12. The Morgan fingerprint density at radius 3 is 2.92 bits per heavy atom. The zero-order valence-corrected chi connectivity index (χ0v) is 15.2. The van der Waals surface area contributed by atoms with Gasteiger partial charge in [-0.2, -0.15) is 0 Å². The summed E-state index contributed by atoms with van der Waals surface area (Å²) in [5.74, 6) is -0.834. The van der Waals surface area contributed by atoms with Gasteiger partial charge in [0, 0.05) is 43.3 Å². The summed E-state index contributed by atoms with van der Waals surface area (Å²) in [5, 5.41) is 8.82. The van der Waals surface area contributed by atoms with E-state index in [-0.39, 0.29) is 24.0 Å². The van der Waals surface area contributed by atoms with Gasteiger partial charge in [-0.25, -0.2) is 18.1 Å². The van der Waals surface area contributed by atoms with Crippen LogP contribution in [0.1, 0.15) is 37.9 Å². The molecule has 0 bridgehead atoms. The predicted octanol–water partition coefficient (Wildman–Crippen LogP) is 3.48. The molecule has 1 unspecified atom stereocenters. The molecule has 5 rings (SSSR count). The number of fused-ring (bicyclic) bond motifs is 3. The number of nitrogens with zero attached hydrogens (tertiary/aromatic N) is 5. The molecule has 4 heterocycles. The van der Waals surface area contributed by atoms with Gasteiger partial charge < -0.3 is 4.98 Å². The minimum Gasteiger partial charge on any atom is -0.345 e. The molecular formula is C17H20F2N6S. The third-order valence-electron chi connectivity index (χ3n) is 5.58. The average Bonchev–Trinajstić information content (AvgIpc) is 3.29. The number of hydrogen-bond donors (Lipinski definition) is 1. The first-order valence-electron chi connectivity index (χ1n) is 9.01. The lowest BCUT2D eigenvalue weighted by molar-refractivity contribution is -0.0672. The molecule has 138 valence electrons. The van der Waals surface area contributed by atoms with Crippen LogP contribution in [0.4, 0.5) is 8.78 Å². The molecule has 0 radical (unpaired) electrons. The van der Waals surface area contributed by atoms with E-state index in [1.165, 1.54) is 0 Å². The zero-order chi connectivity index (χ0) is 17.9. The number of halogens is 2. The summed E-state index contributed by atoms with van der Waals surface area (Å²) in [6.07, 6.45) is 4.62. The molecule has 9 heteroatoms. The van der Waals surface area contributed by atoms with Gasteiger partial charge in [0.2, 0.25) is 5.92 Å². The largest absolute Gasteiger partial charge is 0.345 e. The molecule has 1 saturated carbocycles. The average molecular weight is 378 g/mol. The molecule has 1 saturated heterocycles. The van der Waals surface area contributed by atoms with Gasteiger partial charge in [0.25, 0.3) is 0 Å². The number of alkyl halides is 2. The fourth-order valence-electron chi connectivity index (χ4n) is 4.15. The second-order valence-electron chi connectivity index (χ2n) is 7.33. The Kier molecular flexibility index (Phi) is 3.72. The van der Waals surface area contributed by atoms with Gasteiger partial charge in [0.15, 0.2) is 11.3 Å². The van der Waals surface area contributed by atoms with Crippen LogP contribution in [0.5, 0.6) is 0 Å². The summed E-state index contributed by atoms with van der Waals surface area (Å²) in [5.41, 5.74) is 2.53. The fraction of sp³-hybridized carbons (Fsp3) is 0.588. The van der Waals surface area contributed by atoms with Crippen molar-refractivity contribution in [2.45, 2.75) is 43.3 Å². The maximum atomic E-state index is 13.1. The molecule has 3 aromatic heterocycles. The second kappa shape index (κ2) is 5.88. The van der Waals surface area contributed by atoms with E-state index in [0.717, 1.165) is 42.1 Å². The van der Waals surface area contributed by atoms with Gasteiger partial charge in [0.1, 0.15) is 5.82 Å². The lowest BCUT2D eigenvalue weighted by Gasteiger charge is -2.36. The van der Waals surface area contributed by atoms with Crippen LogP contribution in [-0.4, -0.2) is 53.1 Å². The van der Waals surface area contributed by atoms with Crippen LogP contribution in [0.2, 0.25) is 0 Å². The van der Waals surface area contributed by atoms with Crippen LogP contribution < -0.4 is 0 Å². The number of aromatic nitrogens is 5. The van der Waals surface area contributed by atoms with E-state index in [1.807, 2.05) is 12.3 Å². The van der Waals surface area contributed by atoms with Gasteiger partial charge >= 0.3 is 0 Å². The monoisotopic (exact) mass is 378 g/mol. The first-order valence-corrected chi connectivity index (χ1v) is 9.84. The second-order valence-corrected chi connectivity index (χ2v) is 8.73. The molecule has 2 aliphatic rings.